The van der Waals surface area contributed by atoms with Crippen molar-refractivity contribution < 1.29 is 5.11 Å². The molecule has 1 aliphatic rings. The van der Waals surface area contributed by atoms with Crippen LogP contribution in [0.2, 0.25) is 0 Å². The minimum atomic E-state index is -0.689. The van der Waals surface area contributed by atoms with Crippen LogP contribution in [-0.2, 0) is 0 Å². The van der Waals surface area contributed by atoms with Gasteiger partial charge in [0.2, 0.25) is 0 Å². The van der Waals surface area contributed by atoms with Crippen LogP contribution in [0.4, 0.5) is 0 Å². The lowest BCUT2D eigenvalue weighted by Gasteiger charge is -2.37. The van der Waals surface area contributed by atoms with E-state index in [1.54, 1.807) is 0 Å². The van der Waals surface area contributed by atoms with E-state index >= 15 is 0 Å². The average Bonchev–Trinajstić information content (AvgIpc) is 1.82. The Labute approximate surface area is 74.2 Å². The fraction of sp³-hybridized carbons (Fsp3) is 0.900. The van der Waals surface area contributed by atoms with Crippen LogP contribution < -0.4 is 0 Å². The van der Waals surface area contributed by atoms with Crippen molar-refractivity contribution in [1.82, 2.24) is 0 Å². The molecule has 1 saturated carbocycles. The van der Waals surface area contributed by atoms with Crippen LogP contribution >= 0.6 is 0 Å². The number of hydrogen-bond donors (Lipinski definition) is 1. The molecule has 0 bridgehead atoms. The van der Waals surface area contributed by atoms with Crippen LogP contribution in [0.25, 0.3) is 0 Å². The number of nitrogens with zero attached hydrogens (tertiary/aromatic N) is 1. The molecule has 0 aromatic heterocycles. The molecular weight excluding hydrogens is 150 g/mol. The minimum absolute atomic E-state index is 0.293. The Morgan fingerprint density at radius 1 is 1.42 bits per heavy atom. The fourth-order valence-electron chi connectivity index (χ4n) is 2.53. The molecule has 0 aromatic rings. The SMILES string of the molecule is CC1CC(C)CC(O)(CC#N)C1. The summed E-state index contributed by atoms with van der Waals surface area (Å²) in [5.41, 5.74) is -0.689. The zero-order valence-corrected chi connectivity index (χ0v) is 7.88. The van der Waals surface area contributed by atoms with Gasteiger partial charge in [0.1, 0.15) is 0 Å². The highest BCUT2D eigenvalue weighted by atomic mass is 16.3. The van der Waals surface area contributed by atoms with Gasteiger partial charge in [0.05, 0.1) is 18.1 Å². The Bertz CT molecular complexity index is 185. The van der Waals surface area contributed by atoms with E-state index in [1.165, 1.54) is 6.42 Å². The molecule has 1 fully saturated rings. The molecule has 68 valence electrons. The summed E-state index contributed by atoms with van der Waals surface area (Å²) in [6.45, 7) is 4.30. The number of hydrogen-bond acceptors (Lipinski definition) is 2. The van der Waals surface area contributed by atoms with Gasteiger partial charge in [-0.05, 0) is 31.1 Å². The second-order valence-electron chi connectivity index (χ2n) is 4.41. The third-order valence-electron chi connectivity index (χ3n) is 2.67. The van der Waals surface area contributed by atoms with Gasteiger partial charge in [0.15, 0.2) is 0 Å². The Balaban J connectivity index is 2.59. The Morgan fingerprint density at radius 3 is 2.33 bits per heavy atom. The number of rotatable bonds is 1. The fourth-order valence-corrected chi connectivity index (χ4v) is 2.53. The van der Waals surface area contributed by atoms with E-state index in [9.17, 15) is 5.11 Å². The van der Waals surface area contributed by atoms with Gasteiger partial charge in [0.25, 0.3) is 0 Å². The lowest BCUT2D eigenvalue weighted by molar-refractivity contribution is -0.0269. The highest BCUT2D eigenvalue weighted by molar-refractivity contribution is 4.94. The summed E-state index contributed by atoms with van der Waals surface area (Å²) < 4.78 is 0. The van der Waals surface area contributed by atoms with Crippen LogP contribution in [0.15, 0.2) is 0 Å². The summed E-state index contributed by atoms with van der Waals surface area (Å²) in [6.07, 6.45) is 3.07. The topological polar surface area (TPSA) is 44.0 Å². The molecule has 2 unspecified atom stereocenters. The van der Waals surface area contributed by atoms with Gasteiger partial charge in [-0.25, -0.2) is 0 Å². The van der Waals surface area contributed by atoms with Gasteiger partial charge in [-0.1, -0.05) is 13.8 Å². The third kappa shape index (κ3) is 2.22. The van der Waals surface area contributed by atoms with Gasteiger partial charge in [-0.2, -0.15) is 5.26 Å². The Hall–Kier alpha value is -0.550. The summed E-state index contributed by atoms with van der Waals surface area (Å²) in [5.74, 6) is 1.12. The maximum Gasteiger partial charge on any atom is 0.0782 e. The molecule has 0 radical (unpaired) electrons. The lowest BCUT2D eigenvalue weighted by Crippen LogP contribution is -2.37. The van der Waals surface area contributed by atoms with Gasteiger partial charge in [-0.15, -0.1) is 0 Å². The minimum Gasteiger partial charge on any atom is -0.389 e. The van der Waals surface area contributed by atoms with E-state index < -0.39 is 5.60 Å². The monoisotopic (exact) mass is 167 g/mol. The van der Waals surface area contributed by atoms with Crippen LogP contribution in [0.1, 0.15) is 39.5 Å². The normalized spacial score (nSPS) is 42.2. The summed E-state index contributed by atoms with van der Waals surface area (Å²) in [7, 11) is 0. The van der Waals surface area contributed by atoms with Crippen molar-refractivity contribution in [3.05, 3.63) is 0 Å². The molecule has 0 spiro atoms. The van der Waals surface area contributed by atoms with Crippen molar-refractivity contribution in [3.63, 3.8) is 0 Å². The first kappa shape index (κ1) is 9.54. The van der Waals surface area contributed by atoms with E-state index in [4.69, 9.17) is 5.26 Å². The summed E-state index contributed by atoms with van der Waals surface area (Å²) in [5, 5.41) is 18.5. The van der Waals surface area contributed by atoms with Crippen LogP contribution in [0, 0.1) is 23.2 Å². The quantitative estimate of drug-likeness (QED) is 0.649. The molecule has 2 nitrogen and oxygen atoms in total. The van der Waals surface area contributed by atoms with Crippen molar-refractivity contribution in [1.29, 1.82) is 5.26 Å². The largest absolute Gasteiger partial charge is 0.389 e. The van der Waals surface area contributed by atoms with Crippen molar-refractivity contribution >= 4 is 0 Å². The molecule has 0 heterocycles. The molecule has 0 amide bonds. The number of nitriles is 1. The summed E-state index contributed by atoms with van der Waals surface area (Å²) in [4.78, 5) is 0. The standard InChI is InChI=1S/C10H17NO/c1-8-5-9(2)7-10(12,6-8)3-4-11/h8-9,12H,3,5-7H2,1-2H3. The van der Waals surface area contributed by atoms with Gasteiger partial charge < -0.3 is 5.11 Å². The Kier molecular flexibility index (Phi) is 2.74. The molecule has 0 saturated heterocycles. The molecule has 2 heteroatoms. The molecule has 1 N–H and O–H groups in total. The lowest BCUT2D eigenvalue weighted by atomic mass is 9.72. The maximum atomic E-state index is 9.99. The molecule has 1 rings (SSSR count). The first-order valence-corrected chi connectivity index (χ1v) is 4.65. The zero-order valence-electron chi connectivity index (χ0n) is 7.88. The summed E-state index contributed by atoms with van der Waals surface area (Å²) >= 11 is 0. The molecular formula is C10H17NO. The second-order valence-corrected chi connectivity index (χ2v) is 4.41. The van der Waals surface area contributed by atoms with Crippen LogP contribution in [0.5, 0.6) is 0 Å². The first-order valence-electron chi connectivity index (χ1n) is 4.65. The van der Waals surface area contributed by atoms with Gasteiger partial charge in [-0.3, -0.25) is 0 Å². The number of aliphatic hydroxyl groups is 1. The second kappa shape index (κ2) is 3.45. The Morgan fingerprint density at radius 2 is 1.92 bits per heavy atom. The molecule has 0 aromatic carbocycles. The van der Waals surface area contributed by atoms with E-state index in [2.05, 4.69) is 19.9 Å². The van der Waals surface area contributed by atoms with Crippen LogP contribution in [-0.4, -0.2) is 10.7 Å². The van der Waals surface area contributed by atoms with Gasteiger partial charge >= 0.3 is 0 Å². The third-order valence-corrected chi connectivity index (χ3v) is 2.67. The molecule has 0 aliphatic heterocycles. The van der Waals surface area contributed by atoms with Crippen LogP contribution in [0.3, 0.4) is 0 Å². The first-order chi connectivity index (χ1) is 5.56. The molecule has 12 heavy (non-hydrogen) atoms. The molecule has 2 atom stereocenters. The summed E-state index contributed by atoms with van der Waals surface area (Å²) in [6, 6.07) is 2.07. The predicted molar refractivity (Wildman–Crippen MR) is 47.4 cm³/mol. The highest BCUT2D eigenvalue weighted by Gasteiger charge is 2.35. The maximum absolute atomic E-state index is 9.99. The van der Waals surface area contributed by atoms with E-state index in [-0.39, 0.29) is 0 Å². The highest BCUT2D eigenvalue weighted by Crippen LogP contribution is 2.37. The average molecular weight is 167 g/mol. The van der Waals surface area contributed by atoms with Crippen molar-refractivity contribution in [2.75, 3.05) is 0 Å². The smallest absolute Gasteiger partial charge is 0.0782 e. The van der Waals surface area contributed by atoms with E-state index in [1.807, 2.05) is 0 Å². The van der Waals surface area contributed by atoms with Crippen molar-refractivity contribution in [3.8, 4) is 6.07 Å². The predicted octanol–water partition coefficient (Wildman–Crippen LogP) is 2.09. The zero-order chi connectivity index (χ0) is 9.19. The van der Waals surface area contributed by atoms with Gasteiger partial charge in [0, 0.05) is 0 Å². The van der Waals surface area contributed by atoms with Crippen molar-refractivity contribution in [2.24, 2.45) is 11.8 Å². The van der Waals surface area contributed by atoms with Crippen molar-refractivity contribution in [2.45, 2.75) is 45.1 Å². The van der Waals surface area contributed by atoms with E-state index in [0.29, 0.717) is 18.3 Å². The molecule has 1 aliphatic carbocycles. The van der Waals surface area contributed by atoms with E-state index in [0.717, 1.165) is 12.8 Å².